The standard InChI is InChI=1S/C25H20F2N4O/c26-19-6-1-4-17(14-19)9-10-23(32)22-16-28-24-11-12-25(29-31(22)24)30-13-3-8-21(30)18-5-2-7-20(27)15-18/h1-2,4-7,9-12,14-16,21H,3,8,13H2/b10-9+/t21-/m1/s1. The van der Waals surface area contributed by atoms with Crippen molar-refractivity contribution in [2.75, 3.05) is 11.4 Å². The first-order chi connectivity index (χ1) is 15.6. The Morgan fingerprint density at radius 2 is 1.84 bits per heavy atom. The Morgan fingerprint density at radius 3 is 2.66 bits per heavy atom. The van der Waals surface area contributed by atoms with Crippen molar-refractivity contribution < 1.29 is 13.6 Å². The summed E-state index contributed by atoms with van der Waals surface area (Å²) in [6, 6.07) is 16.4. The summed E-state index contributed by atoms with van der Waals surface area (Å²) in [5.41, 5.74) is 2.37. The van der Waals surface area contributed by atoms with Gasteiger partial charge >= 0.3 is 0 Å². The zero-order chi connectivity index (χ0) is 22.1. The Morgan fingerprint density at radius 1 is 1.03 bits per heavy atom. The summed E-state index contributed by atoms with van der Waals surface area (Å²) < 4.78 is 28.7. The quantitative estimate of drug-likeness (QED) is 0.321. The highest BCUT2D eigenvalue weighted by molar-refractivity contribution is 6.05. The van der Waals surface area contributed by atoms with Crippen molar-refractivity contribution in [3.05, 3.63) is 101 Å². The average Bonchev–Trinajstić information content (AvgIpc) is 3.44. The molecule has 0 N–H and O–H groups in total. The molecule has 1 atom stereocenters. The Balaban J connectivity index is 1.45. The van der Waals surface area contributed by atoms with Crippen molar-refractivity contribution in [3.8, 4) is 0 Å². The van der Waals surface area contributed by atoms with Gasteiger partial charge in [-0.25, -0.2) is 18.3 Å². The van der Waals surface area contributed by atoms with Crippen LogP contribution in [0.4, 0.5) is 14.6 Å². The number of ketones is 1. The lowest BCUT2D eigenvalue weighted by atomic mass is 10.0. The first-order valence-corrected chi connectivity index (χ1v) is 10.4. The van der Waals surface area contributed by atoms with E-state index in [9.17, 15) is 13.6 Å². The molecule has 5 nitrogen and oxygen atoms in total. The summed E-state index contributed by atoms with van der Waals surface area (Å²) in [4.78, 5) is 19.2. The van der Waals surface area contributed by atoms with E-state index in [2.05, 4.69) is 15.0 Å². The number of carbonyl (C=O) groups excluding carboxylic acids is 1. The smallest absolute Gasteiger partial charge is 0.205 e. The molecule has 1 saturated heterocycles. The minimum atomic E-state index is -0.362. The molecule has 1 aliphatic rings. The normalized spacial score (nSPS) is 16.3. The van der Waals surface area contributed by atoms with Gasteiger partial charge in [-0.1, -0.05) is 30.3 Å². The number of hydrogen-bond acceptors (Lipinski definition) is 4. The van der Waals surface area contributed by atoms with E-state index >= 15 is 0 Å². The van der Waals surface area contributed by atoms with E-state index in [1.165, 1.54) is 35.0 Å². The van der Waals surface area contributed by atoms with Gasteiger partial charge in [0.25, 0.3) is 0 Å². The Labute approximate surface area is 183 Å². The molecule has 0 saturated carbocycles. The van der Waals surface area contributed by atoms with Crippen LogP contribution in [-0.2, 0) is 0 Å². The van der Waals surface area contributed by atoms with Gasteiger partial charge in [0.2, 0.25) is 5.78 Å². The van der Waals surface area contributed by atoms with E-state index in [4.69, 9.17) is 0 Å². The third kappa shape index (κ3) is 3.89. The molecule has 4 aromatic rings. The van der Waals surface area contributed by atoms with Crippen molar-refractivity contribution in [2.24, 2.45) is 0 Å². The molecule has 3 heterocycles. The first-order valence-electron chi connectivity index (χ1n) is 10.4. The van der Waals surface area contributed by atoms with Crippen LogP contribution >= 0.6 is 0 Å². The largest absolute Gasteiger partial charge is 0.348 e. The third-order valence-electron chi connectivity index (χ3n) is 5.66. The van der Waals surface area contributed by atoms with Crippen molar-refractivity contribution in [2.45, 2.75) is 18.9 Å². The number of rotatable bonds is 5. The van der Waals surface area contributed by atoms with Crippen LogP contribution in [0.2, 0.25) is 0 Å². The molecule has 32 heavy (non-hydrogen) atoms. The van der Waals surface area contributed by atoms with Crippen molar-refractivity contribution in [3.63, 3.8) is 0 Å². The summed E-state index contributed by atoms with van der Waals surface area (Å²) in [5.74, 6) is -0.204. The number of hydrogen-bond donors (Lipinski definition) is 0. The fourth-order valence-corrected chi connectivity index (χ4v) is 4.15. The number of allylic oxidation sites excluding steroid dienone is 1. The van der Waals surface area contributed by atoms with Gasteiger partial charge in [0.1, 0.15) is 23.1 Å². The number of anilines is 1. The lowest BCUT2D eigenvalue weighted by Crippen LogP contribution is -2.24. The molecule has 1 aliphatic heterocycles. The van der Waals surface area contributed by atoms with Gasteiger partial charge in [-0.2, -0.15) is 0 Å². The van der Waals surface area contributed by atoms with E-state index in [1.807, 2.05) is 18.2 Å². The first kappa shape index (κ1) is 20.1. The van der Waals surface area contributed by atoms with E-state index in [-0.39, 0.29) is 23.5 Å². The molecule has 2 aromatic heterocycles. The number of benzene rings is 2. The van der Waals surface area contributed by atoms with E-state index < -0.39 is 0 Å². The summed E-state index contributed by atoms with van der Waals surface area (Å²) in [6.45, 7) is 0.789. The zero-order valence-electron chi connectivity index (χ0n) is 17.2. The monoisotopic (exact) mass is 430 g/mol. The van der Waals surface area contributed by atoms with Gasteiger partial charge in [0.15, 0.2) is 5.65 Å². The van der Waals surface area contributed by atoms with Crippen LogP contribution in [0.15, 0.2) is 72.9 Å². The lowest BCUT2D eigenvalue weighted by molar-refractivity contribution is 0.104. The number of halogens is 2. The predicted molar refractivity (Wildman–Crippen MR) is 118 cm³/mol. The van der Waals surface area contributed by atoms with Crippen LogP contribution in [0.3, 0.4) is 0 Å². The minimum Gasteiger partial charge on any atom is -0.348 e. The topological polar surface area (TPSA) is 50.5 Å². The third-order valence-corrected chi connectivity index (χ3v) is 5.66. The molecule has 2 aromatic carbocycles. The van der Waals surface area contributed by atoms with Crippen LogP contribution in [0.1, 0.15) is 40.5 Å². The van der Waals surface area contributed by atoms with E-state index in [1.54, 1.807) is 30.3 Å². The molecule has 0 aliphatic carbocycles. The number of fused-ring (bicyclic) bond motifs is 1. The molecule has 0 spiro atoms. The molecule has 0 unspecified atom stereocenters. The van der Waals surface area contributed by atoms with Crippen LogP contribution in [0.5, 0.6) is 0 Å². The summed E-state index contributed by atoms with van der Waals surface area (Å²) in [5, 5.41) is 4.68. The maximum atomic E-state index is 13.8. The summed E-state index contributed by atoms with van der Waals surface area (Å²) >= 11 is 0. The maximum Gasteiger partial charge on any atom is 0.205 e. The maximum absolute atomic E-state index is 13.8. The second kappa shape index (κ2) is 8.34. The minimum absolute atomic E-state index is 0.0196. The number of aromatic nitrogens is 3. The van der Waals surface area contributed by atoms with Crippen molar-refractivity contribution in [1.29, 1.82) is 0 Å². The molecule has 0 radical (unpaired) electrons. The van der Waals surface area contributed by atoms with Crippen molar-refractivity contribution in [1.82, 2.24) is 14.6 Å². The highest BCUT2D eigenvalue weighted by Gasteiger charge is 2.28. The average molecular weight is 430 g/mol. The summed E-state index contributed by atoms with van der Waals surface area (Å²) in [6.07, 6.45) is 6.30. The highest BCUT2D eigenvalue weighted by Crippen LogP contribution is 2.35. The number of imidazole rings is 1. The molecule has 160 valence electrons. The molecule has 1 fully saturated rings. The molecular formula is C25H20F2N4O. The predicted octanol–water partition coefficient (Wildman–Crippen LogP) is 5.25. The van der Waals surface area contributed by atoms with Gasteiger partial charge < -0.3 is 4.90 Å². The molecule has 5 rings (SSSR count). The van der Waals surface area contributed by atoms with Gasteiger partial charge in [-0.3, -0.25) is 4.79 Å². The van der Waals surface area contributed by atoms with Gasteiger partial charge in [-0.15, -0.1) is 5.10 Å². The second-order valence-electron chi connectivity index (χ2n) is 7.76. The second-order valence-corrected chi connectivity index (χ2v) is 7.76. The van der Waals surface area contributed by atoms with Gasteiger partial charge in [0, 0.05) is 6.54 Å². The molecule has 0 bridgehead atoms. The SMILES string of the molecule is O=C(/C=C/c1cccc(F)c1)c1cnc2ccc(N3CCC[C@@H]3c3cccc(F)c3)nn12. The Kier molecular flexibility index (Phi) is 5.23. The zero-order valence-corrected chi connectivity index (χ0v) is 17.2. The Hall–Kier alpha value is -3.87. The van der Waals surface area contributed by atoms with Crippen LogP contribution in [0, 0.1) is 11.6 Å². The van der Waals surface area contributed by atoms with Crippen LogP contribution in [-0.4, -0.2) is 26.9 Å². The Bertz CT molecular complexity index is 1330. The molecular weight excluding hydrogens is 410 g/mol. The fraction of sp³-hybridized carbons (Fsp3) is 0.160. The highest BCUT2D eigenvalue weighted by atomic mass is 19.1. The number of nitrogens with zero attached hydrogens (tertiary/aromatic N) is 4. The summed E-state index contributed by atoms with van der Waals surface area (Å²) in [7, 11) is 0. The van der Waals surface area contributed by atoms with E-state index in [0.29, 0.717) is 22.7 Å². The molecule has 7 heteroatoms. The van der Waals surface area contributed by atoms with Gasteiger partial charge in [0.05, 0.1) is 12.2 Å². The number of carbonyl (C=O) groups is 1. The van der Waals surface area contributed by atoms with E-state index in [0.717, 1.165) is 24.9 Å². The van der Waals surface area contributed by atoms with Crippen LogP contribution in [0.25, 0.3) is 11.7 Å². The van der Waals surface area contributed by atoms with Gasteiger partial charge in [-0.05, 0) is 66.4 Å². The van der Waals surface area contributed by atoms with Crippen molar-refractivity contribution >= 4 is 23.3 Å². The fourth-order valence-electron chi connectivity index (χ4n) is 4.15. The van der Waals surface area contributed by atoms with Crippen LogP contribution < -0.4 is 4.90 Å². The molecule has 0 amide bonds. The lowest BCUT2D eigenvalue weighted by Gasteiger charge is -2.26.